The summed E-state index contributed by atoms with van der Waals surface area (Å²) in [5, 5.41) is 18.1. The van der Waals surface area contributed by atoms with E-state index in [1.165, 1.54) is 6.34 Å². The third-order valence-electron chi connectivity index (χ3n) is 5.47. The number of hydrazine groups is 1. The third kappa shape index (κ3) is 6.24. The summed E-state index contributed by atoms with van der Waals surface area (Å²) in [6.45, 7) is -0.740. The lowest BCUT2D eigenvalue weighted by Gasteiger charge is -2.41. The van der Waals surface area contributed by atoms with Gasteiger partial charge in [0.1, 0.15) is 19.5 Å². The fraction of sp³-hybridized carbons (Fsp3) is 0.154. The molecule has 1 aliphatic heterocycles. The number of aliphatic hydroxyl groups is 1. The summed E-state index contributed by atoms with van der Waals surface area (Å²) in [4.78, 5) is 40.8. The summed E-state index contributed by atoms with van der Waals surface area (Å²) in [6.07, 6.45) is 0.519. The molecule has 4 N–H and O–H groups in total. The van der Waals surface area contributed by atoms with Gasteiger partial charge in [-0.25, -0.2) is 14.8 Å². The average Bonchev–Trinajstić information content (AvgIpc) is 2.92. The predicted octanol–water partition coefficient (Wildman–Crippen LogP) is 2.58. The van der Waals surface area contributed by atoms with Crippen LogP contribution in [0.15, 0.2) is 83.9 Å². The second-order valence-corrected chi connectivity index (χ2v) is 8.48. The van der Waals surface area contributed by atoms with E-state index >= 15 is 0 Å². The van der Waals surface area contributed by atoms with Gasteiger partial charge in [-0.3, -0.25) is 15.0 Å². The molecule has 0 saturated carbocycles. The van der Waals surface area contributed by atoms with E-state index in [0.717, 1.165) is 10.6 Å². The number of halogens is 1. The van der Waals surface area contributed by atoms with Crippen LogP contribution in [0, 0.1) is 0 Å². The van der Waals surface area contributed by atoms with Gasteiger partial charge in [0.2, 0.25) is 11.6 Å². The van der Waals surface area contributed by atoms with Crippen molar-refractivity contribution < 1.29 is 24.2 Å². The van der Waals surface area contributed by atoms with Crippen molar-refractivity contribution in [1.29, 1.82) is 0 Å². The highest BCUT2D eigenvalue weighted by Gasteiger charge is 2.42. The molecular formula is C26H24ClN5O5. The number of nitrogens with zero attached hydrogens (tertiary/aromatic N) is 2. The summed E-state index contributed by atoms with van der Waals surface area (Å²) in [7, 11) is 0. The van der Waals surface area contributed by atoms with Crippen molar-refractivity contribution in [3.63, 3.8) is 0 Å². The lowest BCUT2D eigenvalue weighted by molar-refractivity contribution is -0.134. The topological polar surface area (TPSA) is 132 Å². The number of benzene rings is 3. The van der Waals surface area contributed by atoms with E-state index in [-0.39, 0.29) is 13.2 Å². The monoisotopic (exact) mass is 521 g/mol. The third-order valence-corrected chi connectivity index (χ3v) is 5.70. The summed E-state index contributed by atoms with van der Waals surface area (Å²) < 4.78 is 5.04. The van der Waals surface area contributed by atoms with Gasteiger partial charge in [0.25, 0.3) is 5.91 Å². The van der Waals surface area contributed by atoms with Crippen LogP contribution in [0.2, 0.25) is 5.02 Å². The molecule has 3 aromatic carbocycles. The zero-order chi connectivity index (χ0) is 26.3. The highest BCUT2D eigenvalue weighted by molar-refractivity contribution is 6.30. The van der Waals surface area contributed by atoms with Crippen LogP contribution in [0.25, 0.3) is 0 Å². The van der Waals surface area contributed by atoms with Crippen LogP contribution in [0.1, 0.15) is 16.7 Å². The van der Waals surface area contributed by atoms with Crippen molar-refractivity contribution in [2.75, 3.05) is 13.1 Å². The number of rotatable bonds is 8. The smallest absolute Gasteiger partial charge is 0.407 e. The first-order chi connectivity index (χ1) is 17.9. The molecule has 0 spiro atoms. The summed E-state index contributed by atoms with van der Waals surface area (Å²) >= 11 is 6.18. The molecule has 1 atom stereocenters. The minimum absolute atomic E-state index is 0.0623. The number of amides is 3. The van der Waals surface area contributed by atoms with Gasteiger partial charge in [0.05, 0.1) is 12.2 Å². The Bertz CT molecular complexity index is 1310. The van der Waals surface area contributed by atoms with E-state index in [1.54, 1.807) is 60.7 Å². The standard InChI is InChI=1S/C26H24ClN5O5/c27-20-11-12-22-21(13-20)26(36,19-9-5-2-6-10-19)32(17-30-22)31-24(34)15-28-23(33)14-29-25(35)37-16-18-7-3-1-4-8-18/h1-13,17,36H,14-16H2,(H,28,33)(H,29,35)(H,31,34). The molecule has 0 aromatic heterocycles. The lowest BCUT2D eigenvalue weighted by Crippen LogP contribution is -2.58. The Morgan fingerprint density at radius 2 is 1.59 bits per heavy atom. The number of ether oxygens (including phenoxy) is 1. The van der Waals surface area contributed by atoms with Crippen LogP contribution in [-0.2, 0) is 26.7 Å². The van der Waals surface area contributed by atoms with Crippen LogP contribution >= 0.6 is 11.6 Å². The first kappa shape index (κ1) is 25.7. The Balaban J connectivity index is 1.32. The Kier molecular flexibility index (Phi) is 8.02. The number of fused-ring (bicyclic) bond motifs is 1. The first-order valence-corrected chi connectivity index (χ1v) is 11.7. The number of alkyl carbamates (subject to hydrolysis) is 1. The lowest BCUT2D eigenvalue weighted by atomic mass is 9.91. The van der Waals surface area contributed by atoms with Crippen molar-refractivity contribution >= 4 is 41.5 Å². The normalized spacial score (nSPS) is 15.9. The van der Waals surface area contributed by atoms with Crippen LogP contribution in [0.5, 0.6) is 0 Å². The van der Waals surface area contributed by atoms with Gasteiger partial charge in [-0.2, -0.15) is 0 Å². The van der Waals surface area contributed by atoms with E-state index in [9.17, 15) is 19.5 Å². The van der Waals surface area contributed by atoms with Crippen molar-refractivity contribution in [1.82, 2.24) is 21.1 Å². The molecule has 0 fully saturated rings. The molecule has 3 amide bonds. The van der Waals surface area contributed by atoms with Crippen molar-refractivity contribution in [3.05, 3.63) is 101 Å². The fourth-order valence-corrected chi connectivity index (χ4v) is 3.82. The molecule has 0 bridgehead atoms. The van der Waals surface area contributed by atoms with Crippen LogP contribution in [0.4, 0.5) is 10.5 Å². The largest absolute Gasteiger partial charge is 0.445 e. The minimum atomic E-state index is -1.81. The number of carbonyl (C=O) groups excluding carboxylic acids is 3. The van der Waals surface area contributed by atoms with E-state index in [0.29, 0.717) is 21.8 Å². The molecule has 37 heavy (non-hydrogen) atoms. The molecule has 1 unspecified atom stereocenters. The maximum absolute atomic E-state index is 12.6. The van der Waals surface area contributed by atoms with Gasteiger partial charge in [0, 0.05) is 16.1 Å². The molecule has 0 radical (unpaired) electrons. The predicted molar refractivity (Wildman–Crippen MR) is 137 cm³/mol. The number of hydrogen-bond acceptors (Lipinski definition) is 7. The molecule has 1 heterocycles. The number of aliphatic imine (C=N–C) groups is 1. The average molecular weight is 522 g/mol. The van der Waals surface area contributed by atoms with E-state index in [1.807, 2.05) is 18.2 Å². The van der Waals surface area contributed by atoms with E-state index in [4.69, 9.17) is 16.3 Å². The Hall–Kier alpha value is -4.41. The highest BCUT2D eigenvalue weighted by atomic mass is 35.5. The summed E-state index contributed by atoms with van der Waals surface area (Å²) in [5.41, 5.74) is 2.87. The highest BCUT2D eigenvalue weighted by Crippen LogP contribution is 2.41. The SMILES string of the molecule is O=C(CNC(=O)OCc1ccccc1)NCC(=O)NN1C=Nc2ccc(Cl)cc2C1(O)c1ccccc1. The Labute approximate surface area is 217 Å². The molecule has 3 aromatic rings. The van der Waals surface area contributed by atoms with Gasteiger partial charge in [-0.15, -0.1) is 0 Å². The van der Waals surface area contributed by atoms with Crippen LogP contribution < -0.4 is 16.1 Å². The molecule has 4 rings (SSSR count). The zero-order valence-corrected chi connectivity index (χ0v) is 20.3. The molecule has 190 valence electrons. The summed E-state index contributed by atoms with van der Waals surface area (Å²) in [6, 6.07) is 22.7. The van der Waals surface area contributed by atoms with Crippen LogP contribution in [0.3, 0.4) is 0 Å². The quantitative estimate of drug-likeness (QED) is 0.360. The maximum atomic E-state index is 12.6. The molecule has 10 nitrogen and oxygen atoms in total. The van der Waals surface area contributed by atoms with E-state index < -0.39 is 30.2 Å². The fourth-order valence-electron chi connectivity index (χ4n) is 3.65. The summed E-state index contributed by atoms with van der Waals surface area (Å²) in [5.74, 6) is -1.24. The minimum Gasteiger partial charge on any atom is -0.445 e. The number of nitrogens with one attached hydrogen (secondary N) is 3. The molecular weight excluding hydrogens is 498 g/mol. The second-order valence-electron chi connectivity index (χ2n) is 8.04. The Morgan fingerprint density at radius 3 is 2.32 bits per heavy atom. The maximum Gasteiger partial charge on any atom is 0.407 e. The van der Waals surface area contributed by atoms with Crippen LogP contribution in [-0.4, -0.2) is 47.5 Å². The van der Waals surface area contributed by atoms with Crippen molar-refractivity contribution in [3.8, 4) is 0 Å². The van der Waals surface area contributed by atoms with Crippen molar-refractivity contribution in [2.24, 2.45) is 4.99 Å². The van der Waals surface area contributed by atoms with Gasteiger partial charge < -0.3 is 20.5 Å². The second kappa shape index (κ2) is 11.5. The van der Waals surface area contributed by atoms with Gasteiger partial charge in [-0.05, 0) is 23.8 Å². The molecule has 0 aliphatic carbocycles. The van der Waals surface area contributed by atoms with E-state index in [2.05, 4.69) is 21.1 Å². The van der Waals surface area contributed by atoms with Gasteiger partial charge in [0.15, 0.2) is 0 Å². The van der Waals surface area contributed by atoms with Crippen molar-refractivity contribution in [2.45, 2.75) is 12.3 Å². The van der Waals surface area contributed by atoms with Gasteiger partial charge >= 0.3 is 6.09 Å². The number of hydrogen-bond donors (Lipinski definition) is 4. The molecule has 0 saturated heterocycles. The van der Waals surface area contributed by atoms with Gasteiger partial charge in [-0.1, -0.05) is 72.3 Å². The first-order valence-electron chi connectivity index (χ1n) is 11.3. The molecule has 11 heteroatoms. The molecule has 1 aliphatic rings. The number of carbonyl (C=O) groups is 3. The zero-order valence-electron chi connectivity index (χ0n) is 19.6. The Morgan fingerprint density at radius 1 is 0.919 bits per heavy atom.